The van der Waals surface area contributed by atoms with Crippen molar-refractivity contribution in [2.75, 3.05) is 26.2 Å². The number of hydrogen-bond acceptors (Lipinski definition) is 6. The Morgan fingerprint density at radius 1 is 1.44 bits per heavy atom. The van der Waals surface area contributed by atoms with Crippen LogP contribution >= 0.6 is 0 Å². The van der Waals surface area contributed by atoms with E-state index in [-0.39, 0.29) is 18.4 Å². The molecule has 3 heterocycles. The van der Waals surface area contributed by atoms with E-state index in [1.54, 1.807) is 5.01 Å². The van der Waals surface area contributed by atoms with Crippen molar-refractivity contribution in [3.63, 3.8) is 0 Å². The van der Waals surface area contributed by atoms with Crippen LogP contribution in [0.15, 0.2) is 29.5 Å². The highest BCUT2D eigenvalue weighted by molar-refractivity contribution is 5.92. The number of pyridine rings is 1. The third kappa shape index (κ3) is 5.43. The molecule has 0 spiro atoms. The largest absolute Gasteiger partial charge is 0.394 e. The molecule has 32 heavy (non-hydrogen) atoms. The molecule has 0 aromatic carbocycles. The number of aromatic amines is 1. The first-order valence-electron chi connectivity index (χ1n) is 11.2. The maximum Gasteiger partial charge on any atom is 0.274 e. The van der Waals surface area contributed by atoms with E-state index in [9.17, 15) is 9.90 Å². The van der Waals surface area contributed by atoms with Crippen molar-refractivity contribution in [2.24, 2.45) is 5.10 Å². The molecule has 1 atom stereocenters. The van der Waals surface area contributed by atoms with E-state index in [1.807, 2.05) is 24.1 Å². The minimum atomic E-state index is -0.0330. The number of hydrazone groups is 1. The minimum absolute atomic E-state index is 0.00768. The van der Waals surface area contributed by atoms with Gasteiger partial charge < -0.3 is 10.0 Å². The Kier molecular flexibility index (Phi) is 7.80. The molecule has 2 aromatic rings. The number of allylic oxidation sites excluding steroid dienone is 1. The number of nitrogens with zero attached hydrogens (tertiary/aromatic N) is 5. The van der Waals surface area contributed by atoms with Crippen LogP contribution in [0.1, 0.15) is 78.6 Å². The highest BCUT2D eigenvalue weighted by atomic mass is 16.3. The summed E-state index contributed by atoms with van der Waals surface area (Å²) in [5.74, 6) is 0.454. The van der Waals surface area contributed by atoms with Crippen LogP contribution < -0.4 is 0 Å². The number of hydrogen-bond donors (Lipinski definition) is 2. The summed E-state index contributed by atoms with van der Waals surface area (Å²) in [6.45, 7) is 13.5. The van der Waals surface area contributed by atoms with E-state index in [2.05, 4.69) is 54.9 Å². The maximum atomic E-state index is 12.9. The second kappa shape index (κ2) is 10.5. The van der Waals surface area contributed by atoms with Crippen LogP contribution in [0.5, 0.6) is 0 Å². The first-order valence-corrected chi connectivity index (χ1v) is 11.2. The number of amides is 1. The Bertz CT molecular complexity index is 981. The summed E-state index contributed by atoms with van der Waals surface area (Å²) in [4.78, 5) is 19.6. The van der Waals surface area contributed by atoms with Crippen LogP contribution in [0, 0.1) is 6.92 Å². The van der Waals surface area contributed by atoms with Crippen molar-refractivity contribution in [1.82, 2.24) is 25.1 Å². The first kappa shape index (κ1) is 23.7. The fraction of sp³-hybridized carbons (Fsp3) is 0.500. The number of rotatable bonds is 9. The van der Waals surface area contributed by atoms with Gasteiger partial charge in [0.25, 0.3) is 5.91 Å². The van der Waals surface area contributed by atoms with Gasteiger partial charge in [0.15, 0.2) is 0 Å². The van der Waals surface area contributed by atoms with Gasteiger partial charge >= 0.3 is 0 Å². The van der Waals surface area contributed by atoms with E-state index in [1.165, 1.54) is 0 Å². The lowest BCUT2D eigenvalue weighted by Gasteiger charge is -2.18. The fourth-order valence-corrected chi connectivity index (χ4v) is 4.01. The molecule has 1 aliphatic rings. The molecule has 1 amide bonds. The van der Waals surface area contributed by atoms with Crippen molar-refractivity contribution in [3.05, 3.63) is 52.7 Å². The number of carbonyl (C=O) groups excluding carboxylic acids is 1. The topological polar surface area (TPSA) is 97.7 Å². The lowest BCUT2D eigenvalue weighted by molar-refractivity contribution is 0.0785. The quantitative estimate of drug-likeness (QED) is 0.461. The molecule has 1 aliphatic heterocycles. The van der Waals surface area contributed by atoms with Gasteiger partial charge in [-0.15, -0.1) is 0 Å². The van der Waals surface area contributed by atoms with Gasteiger partial charge in [-0.25, -0.2) is 0 Å². The summed E-state index contributed by atoms with van der Waals surface area (Å²) < 4.78 is 0. The number of aliphatic hydroxyl groups excluding tert-OH is 1. The summed E-state index contributed by atoms with van der Waals surface area (Å²) in [6.07, 6.45) is 3.61. The van der Waals surface area contributed by atoms with Gasteiger partial charge in [0.05, 0.1) is 13.2 Å². The van der Waals surface area contributed by atoms with E-state index >= 15 is 0 Å². The average Bonchev–Trinajstić information content (AvgIpc) is 3.46. The smallest absolute Gasteiger partial charge is 0.274 e. The van der Waals surface area contributed by atoms with Crippen molar-refractivity contribution < 1.29 is 9.90 Å². The van der Waals surface area contributed by atoms with Crippen molar-refractivity contribution in [2.45, 2.75) is 52.4 Å². The van der Waals surface area contributed by atoms with Gasteiger partial charge in [-0.05, 0) is 55.0 Å². The van der Waals surface area contributed by atoms with Crippen LogP contribution in [0.4, 0.5) is 0 Å². The average molecular weight is 439 g/mol. The SMILES string of the molecule is C=NN(/C=C(\CC)c1cc(C)nc(C2CCN(C(=O)c3cc(C(C)C)[nH]n3)C2)c1)CCO. The molecule has 1 saturated heterocycles. The number of aromatic nitrogens is 3. The van der Waals surface area contributed by atoms with Crippen LogP contribution in [0.3, 0.4) is 0 Å². The molecule has 172 valence electrons. The Labute approximate surface area is 190 Å². The molecule has 8 nitrogen and oxygen atoms in total. The van der Waals surface area contributed by atoms with Crippen molar-refractivity contribution in [1.29, 1.82) is 0 Å². The predicted molar refractivity (Wildman–Crippen MR) is 127 cm³/mol. The second-order valence-corrected chi connectivity index (χ2v) is 8.56. The Morgan fingerprint density at radius 3 is 2.84 bits per heavy atom. The second-order valence-electron chi connectivity index (χ2n) is 8.56. The zero-order chi connectivity index (χ0) is 23.3. The number of H-pyrrole nitrogens is 1. The molecular formula is C24H34N6O2. The van der Waals surface area contributed by atoms with Gasteiger partial charge in [-0.3, -0.25) is 19.9 Å². The highest BCUT2D eigenvalue weighted by Crippen LogP contribution is 2.30. The van der Waals surface area contributed by atoms with E-state index < -0.39 is 0 Å². The van der Waals surface area contributed by atoms with Gasteiger partial charge in [-0.2, -0.15) is 10.2 Å². The summed E-state index contributed by atoms with van der Waals surface area (Å²) in [5.41, 5.74) is 5.57. The van der Waals surface area contributed by atoms with E-state index in [0.717, 1.165) is 41.1 Å². The van der Waals surface area contributed by atoms with E-state index in [4.69, 9.17) is 4.98 Å². The molecule has 0 radical (unpaired) electrons. The van der Waals surface area contributed by atoms with Crippen molar-refractivity contribution >= 4 is 18.2 Å². The summed E-state index contributed by atoms with van der Waals surface area (Å²) in [5, 5.41) is 22.0. The molecule has 2 N–H and O–H groups in total. The van der Waals surface area contributed by atoms with Gasteiger partial charge in [0.2, 0.25) is 0 Å². The molecule has 1 unspecified atom stereocenters. The Hall–Kier alpha value is -3.00. The number of aliphatic hydroxyl groups is 1. The number of carbonyl (C=O) groups is 1. The molecule has 0 aliphatic carbocycles. The molecule has 0 saturated carbocycles. The van der Waals surface area contributed by atoms with Crippen molar-refractivity contribution in [3.8, 4) is 0 Å². The first-order chi connectivity index (χ1) is 15.4. The number of aryl methyl sites for hydroxylation is 1. The zero-order valence-electron chi connectivity index (χ0n) is 19.5. The molecule has 3 rings (SSSR count). The van der Waals surface area contributed by atoms with Crippen LogP contribution in [-0.4, -0.2) is 69.1 Å². The van der Waals surface area contributed by atoms with Gasteiger partial charge in [0.1, 0.15) is 5.69 Å². The lowest BCUT2D eigenvalue weighted by Crippen LogP contribution is -2.28. The summed E-state index contributed by atoms with van der Waals surface area (Å²) in [7, 11) is 0. The van der Waals surface area contributed by atoms with Gasteiger partial charge in [0, 0.05) is 49.0 Å². The molecule has 1 fully saturated rings. The lowest BCUT2D eigenvalue weighted by atomic mass is 9.98. The van der Waals surface area contributed by atoms with E-state index in [0.29, 0.717) is 31.2 Å². The highest BCUT2D eigenvalue weighted by Gasteiger charge is 2.30. The Balaban J connectivity index is 1.78. The monoisotopic (exact) mass is 438 g/mol. The molecular weight excluding hydrogens is 404 g/mol. The Morgan fingerprint density at radius 2 is 2.22 bits per heavy atom. The molecule has 8 heteroatoms. The molecule has 2 aromatic heterocycles. The third-order valence-electron chi connectivity index (χ3n) is 5.87. The third-order valence-corrected chi connectivity index (χ3v) is 5.87. The van der Waals surface area contributed by atoms with Crippen LogP contribution in [0.2, 0.25) is 0 Å². The normalized spacial score (nSPS) is 16.6. The van der Waals surface area contributed by atoms with Crippen LogP contribution in [-0.2, 0) is 0 Å². The minimum Gasteiger partial charge on any atom is -0.394 e. The predicted octanol–water partition coefficient (Wildman–Crippen LogP) is 3.53. The summed E-state index contributed by atoms with van der Waals surface area (Å²) >= 11 is 0. The van der Waals surface area contributed by atoms with Crippen LogP contribution in [0.25, 0.3) is 5.57 Å². The fourth-order valence-electron chi connectivity index (χ4n) is 4.01. The zero-order valence-corrected chi connectivity index (χ0v) is 19.5. The number of likely N-dealkylation sites (tertiary alicyclic amines) is 1. The van der Waals surface area contributed by atoms with Gasteiger partial charge in [-0.1, -0.05) is 20.8 Å². The number of nitrogens with one attached hydrogen (secondary N) is 1. The maximum absolute atomic E-state index is 12.9. The molecule has 0 bridgehead atoms. The summed E-state index contributed by atoms with van der Waals surface area (Å²) in [6, 6.07) is 6.04. The standard InChI is InChI=1S/C24H34N6O2/c1-6-18(15-30(25-5)9-10-31)20-11-17(4)26-22(12-20)19-7-8-29(14-19)24(32)23-13-21(16(2)3)27-28-23/h11-13,15-16,19,31H,5-10,14H2,1-4H3,(H,27,28)/b18-15+.